The Morgan fingerprint density at radius 3 is 2.37 bits per heavy atom. The summed E-state index contributed by atoms with van der Waals surface area (Å²) in [6.45, 7) is 3.19. The number of nitrogens with two attached hydrogens (primary N) is 1. The Bertz CT molecular complexity index is 1230. The van der Waals surface area contributed by atoms with Crippen molar-refractivity contribution >= 4 is 21.5 Å². The molecule has 3 rings (SSSR count). The molecule has 0 atom stereocenters. The zero-order valence-electron chi connectivity index (χ0n) is 16.2. The third-order valence-corrected chi connectivity index (χ3v) is 5.50. The lowest BCUT2D eigenvalue weighted by Crippen LogP contribution is -2.13. The zero-order chi connectivity index (χ0) is 22.1. The van der Waals surface area contributed by atoms with Gasteiger partial charge in [0.25, 0.3) is 0 Å². The highest BCUT2D eigenvalue weighted by atomic mass is 32.2. The molecule has 0 saturated heterocycles. The summed E-state index contributed by atoms with van der Waals surface area (Å²) < 4.78 is 30.1. The number of aryl methyl sites for hydroxylation is 1. The summed E-state index contributed by atoms with van der Waals surface area (Å²) in [7, 11) is -3.80. The van der Waals surface area contributed by atoms with Crippen molar-refractivity contribution in [3.63, 3.8) is 0 Å². The molecule has 2 N–H and O–H groups in total. The molecule has 1 heterocycles. The summed E-state index contributed by atoms with van der Waals surface area (Å²) >= 11 is 0. The van der Waals surface area contributed by atoms with Crippen molar-refractivity contribution in [1.29, 1.82) is 0 Å². The van der Waals surface area contributed by atoms with E-state index in [1.807, 2.05) is 0 Å². The second-order valence-corrected chi connectivity index (χ2v) is 8.16. The van der Waals surface area contributed by atoms with E-state index in [0.29, 0.717) is 16.9 Å². The number of nitro benzene ring substituents is 1. The van der Waals surface area contributed by atoms with E-state index in [0.717, 1.165) is 5.69 Å². The van der Waals surface area contributed by atoms with E-state index in [2.05, 4.69) is 0 Å². The summed E-state index contributed by atoms with van der Waals surface area (Å²) in [5, 5.41) is 16.2. The smallest absolute Gasteiger partial charge is 0.310 e. The monoisotopic (exact) mass is 429 g/mol. The van der Waals surface area contributed by atoms with E-state index in [1.165, 1.54) is 30.3 Å². The lowest BCUT2D eigenvalue weighted by molar-refractivity contribution is -0.385. The van der Waals surface area contributed by atoms with Gasteiger partial charge in [0.05, 0.1) is 9.82 Å². The van der Waals surface area contributed by atoms with Gasteiger partial charge >= 0.3 is 5.69 Å². The van der Waals surface area contributed by atoms with Gasteiger partial charge < -0.3 is 9.30 Å². The lowest BCUT2D eigenvalue weighted by Gasteiger charge is -2.11. The van der Waals surface area contributed by atoms with Crippen LogP contribution in [0.4, 0.5) is 5.69 Å². The molecule has 9 nitrogen and oxygen atoms in total. The Hall–Kier alpha value is -3.50. The normalized spacial score (nSPS) is 11.3. The molecule has 0 aliphatic heterocycles. The van der Waals surface area contributed by atoms with Gasteiger partial charge in [-0.1, -0.05) is 12.1 Å². The number of aromatic nitrogens is 1. The maximum Gasteiger partial charge on any atom is 0.310 e. The largest absolute Gasteiger partial charge is 0.478 e. The van der Waals surface area contributed by atoms with Crippen molar-refractivity contribution in [3.05, 3.63) is 81.7 Å². The number of ether oxygens (including phenoxy) is 1. The van der Waals surface area contributed by atoms with Crippen molar-refractivity contribution in [2.45, 2.75) is 18.7 Å². The molecule has 10 heteroatoms. The molecule has 2 aromatic carbocycles. The highest BCUT2D eigenvalue weighted by Gasteiger charge is 2.20. The third-order valence-electron chi connectivity index (χ3n) is 4.58. The number of hydrogen-bond donors (Lipinski definition) is 1. The molecule has 0 amide bonds. The molecule has 0 saturated carbocycles. The van der Waals surface area contributed by atoms with Crippen LogP contribution < -0.4 is 9.88 Å². The molecule has 0 bridgehead atoms. The van der Waals surface area contributed by atoms with Crippen LogP contribution in [0.5, 0.6) is 5.75 Å². The molecular formula is C20H19N3O6S. The number of para-hydroxylation sites is 2. The van der Waals surface area contributed by atoms with Gasteiger partial charge in [-0.3, -0.25) is 14.9 Å². The number of nitro groups is 1. The molecule has 30 heavy (non-hydrogen) atoms. The van der Waals surface area contributed by atoms with E-state index in [4.69, 9.17) is 9.88 Å². The molecule has 0 unspecified atom stereocenters. The molecule has 1 aromatic heterocycles. The van der Waals surface area contributed by atoms with Gasteiger partial charge in [-0.2, -0.15) is 0 Å². The predicted octanol–water partition coefficient (Wildman–Crippen LogP) is 2.91. The SMILES string of the molecule is Cc1cc(C(=O)COc2ccccc2[N+](=O)[O-])c(C)n1-c1ccc(S(N)(=O)=O)cc1. The zero-order valence-corrected chi connectivity index (χ0v) is 17.0. The first-order chi connectivity index (χ1) is 14.1. The second-order valence-electron chi connectivity index (χ2n) is 6.60. The van der Waals surface area contributed by atoms with Gasteiger partial charge in [0.15, 0.2) is 12.4 Å². The number of benzene rings is 2. The number of rotatable bonds is 7. The number of primary sulfonamides is 1. The molecule has 0 radical (unpaired) electrons. The van der Waals surface area contributed by atoms with Crippen LogP contribution in [-0.4, -0.2) is 30.3 Å². The van der Waals surface area contributed by atoms with Gasteiger partial charge in [0.2, 0.25) is 15.8 Å². The summed E-state index contributed by atoms with van der Waals surface area (Å²) in [5.74, 6) is -0.322. The van der Waals surface area contributed by atoms with Crippen LogP contribution in [0.15, 0.2) is 59.5 Å². The Morgan fingerprint density at radius 1 is 1.13 bits per heavy atom. The molecular weight excluding hydrogens is 410 g/mol. The average Bonchev–Trinajstić information content (AvgIpc) is 3.00. The van der Waals surface area contributed by atoms with Gasteiger partial charge in [-0.15, -0.1) is 0 Å². The number of hydrogen-bond acceptors (Lipinski definition) is 6. The van der Waals surface area contributed by atoms with E-state index in [-0.39, 0.29) is 28.7 Å². The van der Waals surface area contributed by atoms with Crippen LogP contribution in [-0.2, 0) is 10.0 Å². The highest BCUT2D eigenvalue weighted by molar-refractivity contribution is 7.89. The number of Topliss-reactive ketones (excluding diaryl/α,β-unsaturated/α-hetero) is 1. The summed E-state index contributed by atoms with van der Waals surface area (Å²) in [6, 6.07) is 13.5. The van der Waals surface area contributed by atoms with Crippen LogP contribution in [0.1, 0.15) is 21.7 Å². The molecule has 3 aromatic rings. The van der Waals surface area contributed by atoms with Crippen molar-refractivity contribution < 1.29 is 22.9 Å². The first-order valence-electron chi connectivity index (χ1n) is 8.81. The number of ketones is 1. The maximum atomic E-state index is 12.7. The highest BCUT2D eigenvalue weighted by Crippen LogP contribution is 2.27. The third kappa shape index (κ3) is 4.24. The molecule has 0 aliphatic carbocycles. The summed E-state index contributed by atoms with van der Waals surface area (Å²) in [5.41, 5.74) is 2.24. The van der Waals surface area contributed by atoms with Crippen molar-refractivity contribution in [1.82, 2.24) is 4.57 Å². The number of sulfonamides is 1. The van der Waals surface area contributed by atoms with E-state index < -0.39 is 14.9 Å². The van der Waals surface area contributed by atoms with Crippen molar-refractivity contribution in [3.8, 4) is 11.4 Å². The van der Waals surface area contributed by atoms with Gasteiger partial charge in [0, 0.05) is 28.7 Å². The molecule has 0 aliphatic rings. The lowest BCUT2D eigenvalue weighted by atomic mass is 10.1. The first kappa shape index (κ1) is 21.2. The molecule has 156 valence electrons. The Labute approximate surface area is 172 Å². The van der Waals surface area contributed by atoms with Crippen LogP contribution in [0, 0.1) is 24.0 Å². The van der Waals surface area contributed by atoms with Crippen LogP contribution in [0.25, 0.3) is 5.69 Å². The van der Waals surface area contributed by atoms with Crippen LogP contribution in [0.3, 0.4) is 0 Å². The van der Waals surface area contributed by atoms with E-state index >= 15 is 0 Å². The number of nitrogens with zero attached hydrogens (tertiary/aromatic N) is 2. The standard InChI is InChI=1S/C20H19N3O6S/c1-13-11-17(19(24)12-29-20-6-4-3-5-18(20)23(25)26)14(2)22(13)15-7-9-16(10-8-15)30(21,27)28/h3-11H,12H2,1-2H3,(H2,21,27,28). The first-order valence-corrected chi connectivity index (χ1v) is 10.4. The van der Waals surface area contributed by atoms with Crippen molar-refractivity contribution in [2.24, 2.45) is 5.14 Å². The van der Waals surface area contributed by atoms with E-state index in [1.54, 1.807) is 42.7 Å². The number of carbonyl (C=O) groups is 1. The fraction of sp³-hybridized carbons (Fsp3) is 0.150. The Kier molecular flexibility index (Phi) is 5.72. The fourth-order valence-electron chi connectivity index (χ4n) is 3.18. The quantitative estimate of drug-likeness (QED) is 0.349. The maximum absolute atomic E-state index is 12.7. The summed E-state index contributed by atoms with van der Waals surface area (Å²) in [4.78, 5) is 23.2. The van der Waals surface area contributed by atoms with Crippen molar-refractivity contribution in [2.75, 3.05) is 6.61 Å². The predicted molar refractivity (Wildman–Crippen MR) is 110 cm³/mol. The molecule has 0 spiro atoms. The minimum Gasteiger partial charge on any atom is -0.478 e. The minimum atomic E-state index is -3.80. The fourth-order valence-corrected chi connectivity index (χ4v) is 3.69. The molecule has 0 fully saturated rings. The van der Waals surface area contributed by atoms with E-state index in [9.17, 15) is 23.3 Å². The second kappa shape index (κ2) is 8.09. The minimum absolute atomic E-state index is 0.0112. The van der Waals surface area contributed by atoms with Crippen LogP contribution >= 0.6 is 0 Å². The van der Waals surface area contributed by atoms with Gasteiger partial charge in [0.1, 0.15) is 0 Å². The van der Waals surface area contributed by atoms with Gasteiger partial charge in [-0.05, 0) is 50.2 Å². The summed E-state index contributed by atoms with van der Waals surface area (Å²) in [6.07, 6.45) is 0. The Morgan fingerprint density at radius 2 is 1.77 bits per heavy atom. The topological polar surface area (TPSA) is 135 Å². The number of carbonyl (C=O) groups excluding carboxylic acids is 1. The Balaban J connectivity index is 1.85. The van der Waals surface area contributed by atoms with Crippen LogP contribution in [0.2, 0.25) is 0 Å². The average molecular weight is 429 g/mol. The van der Waals surface area contributed by atoms with Gasteiger partial charge in [-0.25, -0.2) is 13.6 Å².